The van der Waals surface area contributed by atoms with Crippen LogP contribution in [0.3, 0.4) is 0 Å². The first-order valence-corrected chi connectivity index (χ1v) is 21.6. The highest BCUT2D eigenvalue weighted by Gasteiger charge is 2.39. The molecule has 0 unspecified atom stereocenters. The first-order chi connectivity index (χ1) is 23.0. The third-order valence-electron chi connectivity index (χ3n) is 12.1. The Morgan fingerprint density at radius 1 is 0.489 bits per heavy atom. The molecule has 0 radical (unpaired) electrons. The SMILES string of the molecule is COc1cc(C2CCCCC2)c([O][Al]([CH2]C(C)C)[O]c2c(C3CCCCC3)cc(OC)cc2C2CCCCC2)c(C2CCCCC2)c1. The highest BCUT2D eigenvalue weighted by Crippen LogP contribution is 2.49. The lowest BCUT2D eigenvalue weighted by atomic mass is 9.79. The highest BCUT2D eigenvalue weighted by molar-refractivity contribution is 6.46. The van der Waals surface area contributed by atoms with Crippen molar-refractivity contribution in [2.45, 2.75) is 171 Å². The van der Waals surface area contributed by atoms with Crippen molar-refractivity contribution < 1.29 is 17.1 Å². The van der Waals surface area contributed by atoms with Gasteiger partial charge in [-0.2, -0.15) is 0 Å². The third-order valence-corrected chi connectivity index (χ3v) is 14.4. The fourth-order valence-corrected chi connectivity index (χ4v) is 11.5. The van der Waals surface area contributed by atoms with Gasteiger partial charge in [-0.25, -0.2) is 0 Å². The molecule has 2 aromatic rings. The van der Waals surface area contributed by atoms with Crippen molar-refractivity contribution in [3.8, 4) is 23.0 Å². The van der Waals surface area contributed by atoms with Gasteiger partial charge in [-0.15, -0.1) is 0 Å². The van der Waals surface area contributed by atoms with Gasteiger partial charge in [-0.1, -0.05) is 96.8 Å². The van der Waals surface area contributed by atoms with Gasteiger partial charge in [0.25, 0.3) is 0 Å². The van der Waals surface area contributed by atoms with Crippen molar-refractivity contribution in [3.63, 3.8) is 0 Å². The lowest BCUT2D eigenvalue weighted by Gasteiger charge is -2.34. The number of methoxy groups -OCH3 is 2. The van der Waals surface area contributed by atoms with E-state index in [0.717, 1.165) is 16.8 Å². The minimum absolute atomic E-state index is 0.510. The molecule has 0 atom stereocenters. The third kappa shape index (κ3) is 8.86. The predicted octanol–water partition coefficient (Wildman–Crippen LogP) is 12.5. The van der Waals surface area contributed by atoms with E-state index < -0.39 is 14.8 Å². The van der Waals surface area contributed by atoms with Gasteiger partial charge in [-0.05, 0) is 127 Å². The molecule has 4 aliphatic rings. The van der Waals surface area contributed by atoms with Gasteiger partial charge in [0.05, 0.1) is 25.7 Å². The van der Waals surface area contributed by atoms with Crippen LogP contribution in [0.5, 0.6) is 23.0 Å². The Balaban J connectivity index is 1.44. The zero-order chi connectivity index (χ0) is 32.6. The summed E-state index contributed by atoms with van der Waals surface area (Å²) < 4.78 is 27.1. The first-order valence-electron chi connectivity index (χ1n) is 19.8. The average molecular weight is 659 g/mol. The van der Waals surface area contributed by atoms with Gasteiger partial charge in [0, 0.05) is 0 Å². The minimum atomic E-state index is -2.20. The van der Waals surface area contributed by atoms with Crippen molar-refractivity contribution in [2.24, 2.45) is 5.92 Å². The van der Waals surface area contributed by atoms with Gasteiger partial charge in [0.15, 0.2) is 0 Å². The van der Waals surface area contributed by atoms with E-state index in [1.54, 1.807) is 0 Å². The summed E-state index contributed by atoms with van der Waals surface area (Å²) in [6.07, 6.45) is 25.9. The number of hydrogen-bond donors (Lipinski definition) is 0. The molecule has 0 bridgehead atoms. The Hall–Kier alpha value is -1.83. The second kappa shape index (κ2) is 17.2. The lowest BCUT2D eigenvalue weighted by molar-refractivity contribution is 0.359. The maximum Gasteiger partial charge on any atom is 0.857 e. The van der Waals surface area contributed by atoms with Crippen molar-refractivity contribution in [3.05, 3.63) is 46.5 Å². The van der Waals surface area contributed by atoms with Crippen LogP contribution in [-0.2, 0) is 0 Å². The maximum atomic E-state index is 7.57. The largest absolute Gasteiger partial charge is 0.857 e. The van der Waals surface area contributed by atoms with Crippen LogP contribution in [0.1, 0.15) is 188 Å². The number of ether oxygens (including phenoxy) is 2. The smallest absolute Gasteiger partial charge is 0.611 e. The van der Waals surface area contributed by atoms with Crippen LogP contribution in [0.4, 0.5) is 0 Å². The fourth-order valence-electron chi connectivity index (χ4n) is 9.44. The van der Waals surface area contributed by atoms with Gasteiger partial charge in [0.2, 0.25) is 0 Å². The molecule has 2 aromatic carbocycles. The van der Waals surface area contributed by atoms with E-state index in [2.05, 4.69) is 38.1 Å². The molecule has 0 aliphatic heterocycles. The van der Waals surface area contributed by atoms with Crippen molar-refractivity contribution in [1.29, 1.82) is 0 Å². The van der Waals surface area contributed by atoms with Gasteiger partial charge >= 0.3 is 14.8 Å². The molecule has 0 aromatic heterocycles. The Labute approximate surface area is 291 Å². The standard InChI is InChI=1S/2C19H28O2.C4H9.Al/c2*1-21-16-12-17(14-8-4-2-5-9-14)19(20)18(13-16)15-10-6-3-7-11-15;1-4(2)3;/h2*12-15,20H,2-11H2,1H3;4H,1H2,2-3H3;/q;;;+2/p-2. The summed E-state index contributed by atoms with van der Waals surface area (Å²) in [5.74, 6) is 7.08. The molecule has 6 rings (SSSR count). The summed E-state index contributed by atoms with van der Waals surface area (Å²) in [4.78, 5) is 0. The molecule has 4 saturated carbocycles. The van der Waals surface area contributed by atoms with Crippen molar-refractivity contribution >= 4 is 14.8 Å². The number of rotatable bonds is 12. The Bertz CT molecular complexity index is 1090. The van der Waals surface area contributed by atoms with E-state index in [4.69, 9.17) is 17.1 Å². The van der Waals surface area contributed by atoms with E-state index >= 15 is 0 Å². The normalized spacial score (nSPS) is 20.7. The van der Waals surface area contributed by atoms with E-state index in [-0.39, 0.29) is 0 Å². The quantitative estimate of drug-likeness (QED) is 0.213. The van der Waals surface area contributed by atoms with E-state index in [1.807, 2.05) is 14.2 Å². The average Bonchev–Trinajstić information content (AvgIpc) is 3.12. The highest BCUT2D eigenvalue weighted by atomic mass is 27.2. The molecule has 47 heavy (non-hydrogen) atoms. The summed E-state index contributed by atoms with van der Waals surface area (Å²) in [6, 6.07) is 9.36. The molecule has 0 heterocycles. The second-order valence-electron chi connectivity index (χ2n) is 15.9. The summed E-state index contributed by atoms with van der Waals surface area (Å²) in [5, 5.41) is 1.00. The van der Waals surface area contributed by atoms with Crippen LogP contribution in [0, 0.1) is 5.92 Å². The first kappa shape index (κ1) is 35.0. The van der Waals surface area contributed by atoms with E-state index in [9.17, 15) is 0 Å². The zero-order valence-corrected chi connectivity index (χ0v) is 31.4. The van der Waals surface area contributed by atoms with Crippen molar-refractivity contribution in [1.82, 2.24) is 0 Å². The second-order valence-corrected chi connectivity index (χ2v) is 17.7. The van der Waals surface area contributed by atoms with Crippen LogP contribution >= 0.6 is 0 Å². The monoisotopic (exact) mass is 658 g/mol. The molecular formula is C42H63AlO4. The van der Waals surface area contributed by atoms with Gasteiger partial charge < -0.3 is 17.1 Å². The van der Waals surface area contributed by atoms with Crippen molar-refractivity contribution in [2.75, 3.05) is 14.2 Å². The fraction of sp³-hybridized carbons (Fsp3) is 0.714. The Morgan fingerprint density at radius 3 is 1.00 bits per heavy atom. The van der Waals surface area contributed by atoms with Gasteiger partial charge in [0.1, 0.15) is 11.5 Å². The molecule has 4 fully saturated rings. The zero-order valence-electron chi connectivity index (χ0n) is 30.3. The van der Waals surface area contributed by atoms with E-state index in [1.165, 1.54) is 162 Å². The Kier molecular flexibility index (Phi) is 12.8. The van der Waals surface area contributed by atoms with Crippen LogP contribution in [-0.4, -0.2) is 29.0 Å². The minimum Gasteiger partial charge on any atom is -0.611 e. The molecule has 0 saturated heterocycles. The molecule has 0 amide bonds. The molecule has 258 valence electrons. The lowest BCUT2D eigenvalue weighted by Crippen LogP contribution is -2.34. The Morgan fingerprint density at radius 2 is 0.766 bits per heavy atom. The maximum absolute atomic E-state index is 7.57. The topological polar surface area (TPSA) is 36.9 Å². The molecule has 0 spiro atoms. The van der Waals surface area contributed by atoms with Gasteiger partial charge in [-0.3, -0.25) is 0 Å². The number of hydrogen-bond acceptors (Lipinski definition) is 4. The number of benzene rings is 2. The molecule has 4 nitrogen and oxygen atoms in total. The van der Waals surface area contributed by atoms with Crippen LogP contribution in [0.15, 0.2) is 24.3 Å². The predicted molar refractivity (Wildman–Crippen MR) is 196 cm³/mol. The molecule has 4 aliphatic carbocycles. The summed E-state index contributed by atoms with van der Waals surface area (Å²) in [7, 11) is 3.68. The van der Waals surface area contributed by atoms with Crippen LogP contribution < -0.4 is 17.1 Å². The van der Waals surface area contributed by atoms with Crippen LogP contribution in [0.25, 0.3) is 0 Å². The molecule has 5 heteroatoms. The summed E-state index contributed by atoms with van der Waals surface area (Å²) in [5.41, 5.74) is 5.63. The van der Waals surface area contributed by atoms with Crippen LogP contribution in [0.2, 0.25) is 5.28 Å². The molecular weight excluding hydrogens is 595 g/mol. The summed E-state index contributed by atoms with van der Waals surface area (Å²) in [6.45, 7) is 4.70. The summed E-state index contributed by atoms with van der Waals surface area (Å²) >= 11 is -2.20. The molecule has 0 N–H and O–H groups in total. The van der Waals surface area contributed by atoms with E-state index in [0.29, 0.717) is 29.6 Å².